The zero-order chi connectivity index (χ0) is 15.7. The third-order valence-electron chi connectivity index (χ3n) is 3.55. The van der Waals surface area contributed by atoms with Crippen LogP contribution in [-0.4, -0.2) is 28.8 Å². The maximum atomic E-state index is 13.6. The number of carbonyl (C=O) groups excluding carboxylic acids is 2. The Kier molecular flexibility index (Phi) is 4.20. The average molecular weight is 300 g/mol. The van der Waals surface area contributed by atoms with Crippen molar-refractivity contribution in [2.24, 2.45) is 0 Å². The molecule has 1 heterocycles. The van der Waals surface area contributed by atoms with Crippen LogP contribution in [0.2, 0.25) is 0 Å². The van der Waals surface area contributed by atoms with E-state index < -0.39 is 29.4 Å². The van der Waals surface area contributed by atoms with Crippen LogP contribution in [0.15, 0.2) is 12.1 Å². The maximum Gasteiger partial charge on any atom is 0.252 e. The van der Waals surface area contributed by atoms with Crippen molar-refractivity contribution in [1.82, 2.24) is 4.90 Å². The van der Waals surface area contributed by atoms with Gasteiger partial charge in [0.2, 0.25) is 5.91 Å². The lowest BCUT2D eigenvalue weighted by molar-refractivity contribution is -0.140. The van der Waals surface area contributed by atoms with Gasteiger partial charge >= 0.3 is 0 Å². The normalized spacial score (nSPS) is 20.0. The highest BCUT2D eigenvalue weighted by molar-refractivity contribution is 6.07. The van der Waals surface area contributed by atoms with Crippen LogP contribution in [0.25, 0.3) is 0 Å². The molecule has 114 valence electrons. The van der Waals surface area contributed by atoms with E-state index in [4.69, 9.17) is 0 Å². The average Bonchev–Trinajstić information content (AvgIpc) is 2.70. The lowest BCUT2D eigenvalue weighted by Gasteiger charge is -2.22. The Morgan fingerprint density at radius 3 is 2.48 bits per heavy atom. The molecule has 7 heteroatoms. The van der Waals surface area contributed by atoms with Gasteiger partial charge in [0.05, 0.1) is 12.1 Å². The summed E-state index contributed by atoms with van der Waals surface area (Å²) < 4.78 is 39.5. The number of amides is 2. The van der Waals surface area contributed by atoms with E-state index in [-0.39, 0.29) is 24.1 Å². The number of nitrogens with zero attached hydrogens (tertiary/aromatic N) is 1. The van der Waals surface area contributed by atoms with Gasteiger partial charge in [-0.3, -0.25) is 14.5 Å². The van der Waals surface area contributed by atoms with E-state index in [1.54, 1.807) is 6.92 Å². The number of rotatable bonds is 4. The van der Waals surface area contributed by atoms with Gasteiger partial charge in [0, 0.05) is 18.2 Å². The highest BCUT2D eigenvalue weighted by atomic mass is 19.2. The summed E-state index contributed by atoms with van der Waals surface area (Å²) in [5.41, 5.74) is -0.342. The summed E-state index contributed by atoms with van der Waals surface area (Å²) in [5, 5.41) is 2.47. The Bertz CT molecular complexity index is 592. The third kappa shape index (κ3) is 2.86. The molecule has 1 saturated heterocycles. The molecular weight excluding hydrogens is 285 g/mol. The topological polar surface area (TPSA) is 49.4 Å². The predicted molar refractivity (Wildman–Crippen MR) is 69.9 cm³/mol. The Labute approximate surface area is 119 Å². The number of nitrogens with one attached hydrogen (secondary N) is 1. The molecule has 1 aliphatic rings. The van der Waals surface area contributed by atoms with Gasteiger partial charge in [0.25, 0.3) is 5.91 Å². The first-order valence-electron chi connectivity index (χ1n) is 6.62. The van der Waals surface area contributed by atoms with Crippen LogP contribution in [-0.2, 0) is 9.59 Å². The van der Waals surface area contributed by atoms with Crippen molar-refractivity contribution < 1.29 is 22.8 Å². The fourth-order valence-corrected chi connectivity index (χ4v) is 2.23. The third-order valence-corrected chi connectivity index (χ3v) is 3.55. The van der Waals surface area contributed by atoms with E-state index in [9.17, 15) is 22.8 Å². The number of halogens is 3. The molecule has 2 rings (SSSR count). The molecule has 0 aromatic heterocycles. The van der Waals surface area contributed by atoms with E-state index in [0.29, 0.717) is 18.6 Å². The molecule has 1 aromatic carbocycles. The van der Waals surface area contributed by atoms with Crippen molar-refractivity contribution in [1.29, 1.82) is 0 Å². The standard InChI is InChI=1S/C14H15F3N2O2/c1-3-7(2)19-13(20)6-12(14(19)21)18-11-5-9(16)8(15)4-10(11)17/h4-5,7,12,18H,3,6H2,1-2H3. The summed E-state index contributed by atoms with van der Waals surface area (Å²) in [7, 11) is 0. The van der Waals surface area contributed by atoms with Crippen LogP contribution < -0.4 is 5.32 Å². The quantitative estimate of drug-likeness (QED) is 0.686. The summed E-state index contributed by atoms with van der Waals surface area (Å²) in [4.78, 5) is 25.1. The molecule has 2 atom stereocenters. The second-order valence-corrected chi connectivity index (χ2v) is 5.01. The number of hydrogen-bond acceptors (Lipinski definition) is 3. The fourth-order valence-electron chi connectivity index (χ4n) is 2.23. The minimum atomic E-state index is -1.31. The molecule has 1 aliphatic heterocycles. The van der Waals surface area contributed by atoms with E-state index in [2.05, 4.69) is 5.32 Å². The number of anilines is 1. The SMILES string of the molecule is CCC(C)N1C(=O)CC(Nc2cc(F)c(F)cc2F)C1=O. The van der Waals surface area contributed by atoms with Crippen LogP contribution in [0.1, 0.15) is 26.7 Å². The first-order chi connectivity index (χ1) is 9.85. The summed E-state index contributed by atoms with van der Waals surface area (Å²) in [5.74, 6) is -4.41. The highest BCUT2D eigenvalue weighted by Gasteiger charge is 2.40. The molecule has 0 bridgehead atoms. The lowest BCUT2D eigenvalue weighted by atomic mass is 10.2. The molecule has 0 aliphatic carbocycles. The van der Waals surface area contributed by atoms with Crippen molar-refractivity contribution >= 4 is 17.5 Å². The smallest absolute Gasteiger partial charge is 0.252 e. The van der Waals surface area contributed by atoms with E-state index >= 15 is 0 Å². The summed E-state index contributed by atoms with van der Waals surface area (Å²) in [6.07, 6.45) is 0.464. The van der Waals surface area contributed by atoms with Gasteiger partial charge in [0.15, 0.2) is 11.6 Å². The van der Waals surface area contributed by atoms with Gasteiger partial charge in [-0.15, -0.1) is 0 Å². The van der Waals surface area contributed by atoms with Crippen LogP contribution in [0.4, 0.5) is 18.9 Å². The van der Waals surface area contributed by atoms with Gasteiger partial charge in [-0.1, -0.05) is 6.92 Å². The van der Waals surface area contributed by atoms with Crippen molar-refractivity contribution in [2.45, 2.75) is 38.8 Å². The van der Waals surface area contributed by atoms with Gasteiger partial charge in [-0.05, 0) is 13.3 Å². The van der Waals surface area contributed by atoms with Crippen LogP contribution >= 0.6 is 0 Å². The Morgan fingerprint density at radius 1 is 1.24 bits per heavy atom. The highest BCUT2D eigenvalue weighted by Crippen LogP contribution is 2.24. The van der Waals surface area contributed by atoms with Crippen molar-refractivity contribution in [3.05, 3.63) is 29.6 Å². The number of imide groups is 1. The largest absolute Gasteiger partial charge is 0.371 e. The first kappa shape index (κ1) is 15.3. The fraction of sp³-hybridized carbons (Fsp3) is 0.429. The first-order valence-corrected chi connectivity index (χ1v) is 6.62. The summed E-state index contributed by atoms with van der Waals surface area (Å²) >= 11 is 0. The predicted octanol–water partition coefficient (Wildman–Crippen LogP) is 2.44. The zero-order valence-corrected chi connectivity index (χ0v) is 11.6. The van der Waals surface area contributed by atoms with Gasteiger partial charge in [-0.2, -0.15) is 0 Å². The molecule has 21 heavy (non-hydrogen) atoms. The molecule has 1 N–H and O–H groups in total. The number of hydrogen-bond donors (Lipinski definition) is 1. The van der Waals surface area contributed by atoms with Crippen LogP contribution in [0.3, 0.4) is 0 Å². The van der Waals surface area contributed by atoms with Crippen molar-refractivity contribution in [3.63, 3.8) is 0 Å². The van der Waals surface area contributed by atoms with Crippen molar-refractivity contribution in [2.75, 3.05) is 5.32 Å². The van der Waals surface area contributed by atoms with Gasteiger partial charge in [-0.25, -0.2) is 13.2 Å². The van der Waals surface area contributed by atoms with E-state index in [0.717, 1.165) is 4.90 Å². The summed E-state index contributed by atoms with van der Waals surface area (Å²) in [6.45, 7) is 3.57. The van der Waals surface area contributed by atoms with Crippen LogP contribution in [0.5, 0.6) is 0 Å². The van der Waals surface area contributed by atoms with Gasteiger partial charge in [0.1, 0.15) is 11.9 Å². The second kappa shape index (κ2) is 5.75. The lowest BCUT2D eigenvalue weighted by Crippen LogP contribution is -2.40. The summed E-state index contributed by atoms with van der Waals surface area (Å²) in [6, 6.07) is -0.197. The Morgan fingerprint density at radius 2 is 1.86 bits per heavy atom. The molecule has 2 unspecified atom stereocenters. The number of carbonyl (C=O) groups is 2. The monoisotopic (exact) mass is 300 g/mol. The minimum Gasteiger partial charge on any atom is -0.371 e. The Balaban J connectivity index is 2.20. The molecular formula is C14H15F3N2O2. The number of benzene rings is 1. The Hall–Kier alpha value is -2.05. The van der Waals surface area contributed by atoms with Crippen LogP contribution in [0, 0.1) is 17.5 Å². The second-order valence-electron chi connectivity index (χ2n) is 5.01. The molecule has 1 aromatic rings. The number of likely N-dealkylation sites (tertiary alicyclic amines) is 1. The zero-order valence-electron chi connectivity index (χ0n) is 11.6. The molecule has 2 amide bonds. The maximum absolute atomic E-state index is 13.6. The molecule has 1 fully saturated rings. The molecule has 0 saturated carbocycles. The van der Waals surface area contributed by atoms with E-state index in [1.807, 2.05) is 6.92 Å². The minimum absolute atomic E-state index is 0.137. The van der Waals surface area contributed by atoms with E-state index in [1.165, 1.54) is 0 Å². The van der Waals surface area contributed by atoms with Crippen molar-refractivity contribution in [3.8, 4) is 0 Å². The van der Waals surface area contributed by atoms with Gasteiger partial charge < -0.3 is 5.32 Å². The molecule has 4 nitrogen and oxygen atoms in total. The molecule has 0 spiro atoms. The molecule has 0 radical (unpaired) electrons.